The Morgan fingerprint density at radius 1 is 1.48 bits per heavy atom. The zero-order valence-electron chi connectivity index (χ0n) is 11.3. The maximum absolute atomic E-state index is 10.9. The lowest BCUT2D eigenvalue weighted by Gasteiger charge is -2.07. The molecule has 0 radical (unpaired) electrons. The average Bonchev–Trinajstić information content (AvgIpc) is 2.66. The van der Waals surface area contributed by atoms with Gasteiger partial charge in [-0.3, -0.25) is 14.9 Å². The van der Waals surface area contributed by atoms with Crippen LogP contribution in [0.15, 0.2) is 22.7 Å². The van der Waals surface area contributed by atoms with Gasteiger partial charge in [-0.1, -0.05) is 0 Å². The molecule has 0 saturated carbocycles. The summed E-state index contributed by atoms with van der Waals surface area (Å²) in [6.45, 7) is 3.51. The van der Waals surface area contributed by atoms with E-state index in [2.05, 4.69) is 21.0 Å². The molecule has 7 nitrogen and oxygen atoms in total. The van der Waals surface area contributed by atoms with Gasteiger partial charge in [0, 0.05) is 23.4 Å². The predicted octanol–water partition coefficient (Wildman–Crippen LogP) is 2.79. The third-order valence-electron chi connectivity index (χ3n) is 3.14. The largest absolute Gasteiger partial charge is 0.481 e. The number of nitrogens with zero attached hydrogens (tertiary/aromatic N) is 3. The van der Waals surface area contributed by atoms with E-state index in [1.54, 1.807) is 24.6 Å². The van der Waals surface area contributed by atoms with Crippen molar-refractivity contribution >= 4 is 27.6 Å². The van der Waals surface area contributed by atoms with Crippen LogP contribution in [0, 0.1) is 24.0 Å². The lowest BCUT2D eigenvalue weighted by atomic mass is 10.1. The standard InChI is InChI=1S/C13H12BrN3O4/c1-7-10(6-13(18)19)8(2)16(15-7)12-4-3-9(17(20)21)5-11(12)14/h3-5H,6H2,1-2H3,(H,18,19). The molecule has 1 N–H and O–H groups in total. The van der Waals surface area contributed by atoms with Crippen molar-refractivity contribution in [2.75, 3.05) is 0 Å². The van der Waals surface area contributed by atoms with Gasteiger partial charge >= 0.3 is 5.97 Å². The van der Waals surface area contributed by atoms with Crippen molar-refractivity contribution in [2.45, 2.75) is 20.3 Å². The number of halogens is 1. The summed E-state index contributed by atoms with van der Waals surface area (Å²) >= 11 is 3.29. The van der Waals surface area contributed by atoms with Gasteiger partial charge in [0.1, 0.15) is 0 Å². The number of non-ortho nitro benzene ring substituents is 1. The van der Waals surface area contributed by atoms with Crippen LogP contribution in [0.25, 0.3) is 5.69 Å². The summed E-state index contributed by atoms with van der Waals surface area (Å²) < 4.78 is 2.10. The maximum Gasteiger partial charge on any atom is 0.307 e. The number of nitro benzene ring substituents is 1. The number of benzene rings is 1. The lowest BCUT2D eigenvalue weighted by Crippen LogP contribution is -2.04. The molecule has 0 aliphatic heterocycles. The van der Waals surface area contributed by atoms with Crippen molar-refractivity contribution in [3.8, 4) is 5.69 Å². The Hall–Kier alpha value is -2.22. The summed E-state index contributed by atoms with van der Waals surface area (Å²) in [5, 5.41) is 24.0. The molecule has 0 aliphatic rings. The molecule has 0 atom stereocenters. The van der Waals surface area contributed by atoms with Crippen LogP contribution in [-0.4, -0.2) is 25.8 Å². The summed E-state index contributed by atoms with van der Waals surface area (Å²) in [5.74, 6) is -0.927. The molecule has 110 valence electrons. The van der Waals surface area contributed by atoms with Crippen molar-refractivity contribution in [1.82, 2.24) is 9.78 Å². The Kier molecular flexibility index (Phi) is 4.08. The smallest absolute Gasteiger partial charge is 0.307 e. The minimum Gasteiger partial charge on any atom is -0.481 e. The molecule has 2 aromatic rings. The summed E-state index contributed by atoms with van der Waals surface area (Å²) in [5.41, 5.74) is 2.56. The van der Waals surface area contributed by atoms with Crippen molar-refractivity contribution in [1.29, 1.82) is 0 Å². The van der Waals surface area contributed by atoms with Crippen molar-refractivity contribution in [2.24, 2.45) is 0 Å². The Bertz CT molecular complexity index is 739. The van der Waals surface area contributed by atoms with Gasteiger partial charge in [-0.25, -0.2) is 4.68 Å². The van der Waals surface area contributed by atoms with Gasteiger partial charge in [0.25, 0.3) is 5.69 Å². The zero-order valence-corrected chi connectivity index (χ0v) is 12.9. The van der Waals surface area contributed by atoms with Crippen LogP contribution < -0.4 is 0 Å². The molecule has 0 aliphatic carbocycles. The molecule has 1 aromatic carbocycles. The second-order valence-electron chi connectivity index (χ2n) is 4.52. The highest BCUT2D eigenvalue weighted by atomic mass is 79.9. The van der Waals surface area contributed by atoms with Gasteiger partial charge in [0.15, 0.2) is 0 Å². The van der Waals surface area contributed by atoms with E-state index in [-0.39, 0.29) is 12.1 Å². The SMILES string of the molecule is Cc1nn(-c2ccc([N+](=O)[O-])cc2Br)c(C)c1CC(=O)O. The first-order valence-corrected chi connectivity index (χ1v) is 6.81. The van der Waals surface area contributed by atoms with Crippen LogP contribution >= 0.6 is 15.9 Å². The second-order valence-corrected chi connectivity index (χ2v) is 5.38. The average molecular weight is 354 g/mol. The van der Waals surface area contributed by atoms with Crippen molar-refractivity contribution in [3.63, 3.8) is 0 Å². The van der Waals surface area contributed by atoms with Crippen LogP contribution in [-0.2, 0) is 11.2 Å². The molecular formula is C13H12BrN3O4. The lowest BCUT2D eigenvalue weighted by molar-refractivity contribution is -0.384. The second kappa shape index (κ2) is 5.65. The molecule has 1 aromatic heterocycles. The normalized spacial score (nSPS) is 10.6. The number of carboxylic acid groups (broad SMARTS) is 1. The van der Waals surface area contributed by atoms with Gasteiger partial charge in [0.2, 0.25) is 0 Å². The number of nitro groups is 1. The van der Waals surface area contributed by atoms with Crippen LogP contribution in [0.3, 0.4) is 0 Å². The first-order valence-electron chi connectivity index (χ1n) is 6.02. The molecule has 0 unspecified atom stereocenters. The van der Waals surface area contributed by atoms with Gasteiger partial charge in [-0.05, 0) is 35.8 Å². The quantitative estimate of drug-likeness (QED) is 0.672. The van der Waals surface area contributed by atoms with E-state index in [1.165, 1.54) is 12.1 Å². The van der Waals surface area contributed by atoms with E-state index in [0.717, 1.165) is 0 Å². The Morgan fingerprint density at radius 3 is 2.67 bits per heavy atom. The molecule has 1 heterocycles. The van der Waals surface area contributed by atoms with Gasteiger partial charge < -0.3 is 5.11 Å². The molecule has 0 saturated heterocycles. The van der Waals surface area contributed by atoms with E-state index in [1.807, 2.05) is 0 Å². The predicted molar refractivity (Wildman–Crippen MR) is 78.7 cm³/mol. The minimum atomic E-state index is -0.927. The summed E-state index contributed by atoms with van der Waals surface area (Å²) in [4.78, 5) is 21.1. The molecular weight excluding hydrogens is 342 g/mol. The monoisotopic (exact) mass is 353 g/mol. The molecule has 0 bridgehead atoms. The van der Waals surface area contributed by atoms with E-state index in [4.69, 9.17) is 5.11 Å². The molecule has 8 heteroatoms. The molecule has 2 rings (SSSR count). The Labute approximate surface area is 128 Å². The van der Waals surface area contributed by atoms with Crippen LogP contribution in [0.2, 0.25) is 0 Å². The topological polar surface area (TPSA) is 98.3 Å². The van der Waals surface area contributed by atoms with Gasteiger partial charge in [-0.2, -0.15) is 5.10 Å². The summed E-state index contributed by atoms with van der Waals surface area (Å²) in [6, 6.07) is 4.35. The molecule has 0 fully saturated rings. The van der Waals surface area contributed by atoms with Crippen LogP contribution in [0.5, 0.6) is 0 Å². The fourth-order valence-electron chi connectivity index (χ4n) is 2.10. The highest BCUT2D eigenvalue weighted by molar-refractivity contribution is 9.10. The first-order chi connectivity index (χ1) is 9.81. The highest BCUT2D eigenvalue weighted by Gasteiger charge is 2.18. The fourth-order valence-corrected chi connectivity index (χ4v) is 2.63. The Balaban J connectivity index is 2.53. The number of hydrogen-bond donors (Lipinski definition) is 1. The number of aryl methyl sites for hydroxylation is 1. The zero-order chi connectivity index (χ0) is 15.7. The van der Waals surface area contributed by atoms with E-state index in [0.29, 0.717) is 27.1 Å². The van der Waals surface area contributed by atoms with Crippen LogP contribution in [0.4, 0.5) is 5.69 Å². The number of hydrogen-bond acceptors (Lipinski definition) is 4. The number of aromatic nitrogens is 2. The number of carbonyl (C=O) groups is 1. The maximum atomic E-state index is 10.9. The summed E-state index contributed by atoms with van der Waals surface area (Å²) in [6.07, 6.45) is -0.109. The molecule has 21 heavy (non-hydrogen) atoms. The number of aliphatic carboxylic acids is 1. The third-order valence-corrected chi connectivity index (χ3v) is 3.77. The van der Waals surface area contributed by atoms with E-state index < -0.39 is 10.9 Å². The number of rotatable bonds is 4. The third kappa shape index (κ3) is 2.94. The van der Waals surface area contributed by atoms with Crippen LogP contribution in [0.1, 0.15) is 17.0 Å². The van der Waals surface area contributed by atoms with E-state index >= 15 is 0 Å². The van der Waals surface area contributed by atoms with E-state index in [9.17, 15) is 14.9 Å². The highest BCUT2D eigenvalue weighted by Crippen LogP contribution is 2.28. The molecule has 0 amide bonds. The van der Waals surface area contributed by atoms with Crippen molar-refractivity contribution < 1.29 is 14.8 Å². The first kappa shape index (κ1) is 15.2. The van der Waals surface area contributed by atoms with Crippen molar-refractivity contribution in [3.05, 3.63) is 49.7 Å². The molecule has 0 spiro atoms. The minimum absolute atomic E-state index is 0.0297. The Morgan fingerprint density at radius 2 is 2.14 bits per heavy atom. The number of carboxylic acids is 1. The fraction of sp³-hybridized carbons (Fsp3) is 0.231. The van der Waals surface area contributed by atoms with Gasteiger partial charge in [0.05, 0.1) is 27.2 Å². The summed E-state index contributed by atoms with van der Waals surface area (Å²) in [7, 11) is 0. The van der Waals surface area contributed by atoms with Gasteiger partial charge in [-0.15, -0.1) is 0 Å².